The topological polar surface area (TPSA) is 93.8 Å². The third kappa shape index (κ3) is 3.27. The van der Waals surface area contributed by atoms with E-state index in [1.165, 1.54) is 22.6 Å². The van der Waals surface area contributed by atoms with Crippen LogP contribution < -0.4 is 0 Å². The molecule has 0 bridgehead atoms. The van der Waals surface area contributed by atoms with Gasteiger partial charge < -0.3 is 5.11 Å². The Morgan fingerprint density at radius 3 is 3.06 bits per heavy atom. The van der Waals surface area contributed by atoms with E-state index in [1.807, 2.05) is 13.0 Å². The molecular weight excluding hydrogens is 254 g/mol. The molecule has 94 valence electrons. The van der Waals surface area contributed by atoms with Crippen LogP contribution in [0.1, 0.15) is 16.2 Å². The molecule has 0 aliphatic carbocycles. The molecule has 0 amide bonds. The van der Waals surface area contributed by atoms with Gasteiger partial charge >= 0.3 is 5.97 Å². The van der Waals surface area contributed by atoms with Crippen LogP contribution in [0.3, 0.4) is 0 Å². The Kier molecular flexibility index (Phi) is 3.88. The minimum absolute atomic E-state index is 0.0493. The van der Waals surface area contributed by atoms with Gasteiger partial charge in [0.05, 0.1) is 12.7 Å². The summed E-state index contributed by atoms with van der Waals surface area (Å²) in [5, 5.41) is 16.6. The van der Waals surface area contributed by atoms with E-state index >= 15 is 0 Å². The highest BCUT2D eigenvalue weighted by atomic mass is 32.2. The SMILES string of the molecule is Cc1ccnc(SCCn2cc(C(=O)O)nn2)n1. The molecule has 0 atom stereocenters. The van der Waals surface area contributed by atoms with Gasteiger partial charge in [0, 0.05) is 17.6 Å². The maximum Gasteiger partial charge on any atom is 0.358 e. The van der Waals surface area contributed by atoms with Gasteiger partial charge in [-0.05, 0) is 13.0 Å². The molecule has 0 radical (unpaired) electrons. The van der Waals surface area contributed by atoms with E-state index in [1.54, 1.807) is 6.20 Å². The number of nitrogens with zero attached hydrogens (tertiary/aromatic N) is 5. The van der Waals surface area contributed by atoms with E-state index < -0.39 is 5.97 Å². The predicted octanol–water partition coefficient (Wildman–Crippen LogP) is 0.867. The van der Waals surface area contributed by atoms with Crippen molar-refractivity contribution in [2.24, 2.45) is 0 Å². The van der Waals surface area contributed by atoms with E-state index in [4.69, 9.17) is 5.11 Å². The van der Waals surface area contributed by atoms with E-state index in [-0.39, 0.29) is 5.69 Å². The molecule has 2 rings (SSSR count). The van der Waals surface area contributed by atoms with Gasteiger partial charge in [0.1, 0.15) is 0 Å². The van der Waals surface area contributed by atoms with Crippen LogP contribution in [0.25, 0.3) is 0 Å². The zero-order chi connectivity index (χ0) is 13.0. The van der Waals surface area contributed by atoms with Crippen LogP contribution in [0.4, 0.5) is 0 Å². The zero-order valence-electron chi connectivity index (χ0n) is 9.65. The predicted molar refractivity (Wildman–Crippen MR) is 64.5 cm³/mol. The number of carboxylic acid groups (broad SMARTS) is 1. The molecule has 0 aliphatic heterocycles. The molecule has 0 unspecified atom stereocenters. The summed E-state index contributed by atoms with van der Waals surface area (Å²) in [6, 6.07) is 1.83. The Morgan fingerprint density at radius 1 is 1.56 bits per heavy atom. The van der Waals surface area contributed by atoms with Gasteiger partial charge in [0.2, 0.25) is 0 Å². The average Bonchev–Trinajstić information content (AvgIpc) is 2.78. The number of aryl methyl sites for hydroxylation is 2. The maximum absolute atomic E-state index is 10.6. The molecule has 0 fully saturated rings. The lowest BCUT2D eigenvalue weighted by Gasteiger charge is -2.00. The van der Waals surface area contributed by atoms with Crippen LogP contribution in [0.5, 0.6) is 0 Å². The maximum atomic E-state index is 10.6. The quantitative estimate of drug-likeness (QED) is 0.633. The normalized spacial score (nSPS) is 10.5. The van der Waals surface area contributed by atoms with Gasteiger partial charge in [-0.3, -0.25) is 4.68 Å². The molecule has 0 saturated carbocycles. The van der Waals surface area contributed by atoms with Gasteiger partial charge in [-0.15, -0.1) is 5.10 Å². The molecule has 2 aromatic rings. The second kappa shape index (κ2) is 5.58. The Labute approximate surface area is 107 Å². The smallest absolute Gasteiger partial charge is 0.358 e. The molecular formula is C10H11N5O2S. The fourth-order valence-electron chi connectivity index (χ4n) is 1.23. The highest BCUT2D eigenvalue weighted by Gasteiger charge is 2.08. The van der Waals surface area contributed by atoms with Crippen molar-refractivity contribution >= 4 is 17.7 Å². The number of carbonyl (C=O) groups is 1. The van der Waals surface area contributed by atoms with Gasteiger partial charge in [0.25, 0.3) is 0 Å². The van der Waals surface area contributed by atoms with Gasteiger partial charge in [-0.2, -0.15) is 0 Å². The fourth-order valence-corrected chi connectivity index (χ4v) is 2.04. The summed E-state index contributed by atoms with van der Waals surface area (Å²) in [6.45, 7) is 2.46. The van der Waals surface area contributed by atoms with Gasteiger partial charge in [-0.25, -0.2) is 14.8 Å². The molecule has 0 spiro atoms. The van der Waals surface area contributed by atoms with Crippen LogP contribution in [-0.4, -0.2) is 41.8 Å². The lowest BCUT2D eigenvalue weighted by atomic mass is 10.5. The largest absolute Gasteiger partial charge is 0.476 e. The first kappa shape index (κ1) is 12.5. The highest BCUT2D eigenvalue weighted by molar-refractivity contribution is 7.99. The monoisotopic (exact) mass is 265 g/mol. The van der Waals surface area contributed by atoms with Crippen molar-refractivity contribution < 1.29 is 9.90 Å². The summed E-state index contributed by atoms with van der Waals surface area (Å²) in [6.07, 6.45) is 3.11. The first-order valence-electron chi connectivity index (χ1n) is 5.21. The van der Waals surface area contributed by atoms with Crippen LogP contribution in [-0.2, 0) is 6.54 Å². The molecule has 0 aromatic carbocycles. The molecule has 2 heterocycles. The van der Waals surface area contributed by atoms with Crippen LogP contribution in [0, 0.1) is 6.92 Å². The minimum Gasteiger partial charge on any atom is -0.476 e. The average molecular weight is 265 g/mol. The molecule has 7 nitrogen and oxygen atoms in total. The number of hydrogen-bond acceptors (Lipinski definition) is 6. The number of hydrogen-bond donors (Lipinski definition) is 1. The molecule has 1 N–H and O–H groups in total. The Balaban J connectivity index is 1.86. The third-order valence-electron chi connectivity index (χ3n) is 2.08. The van der Waals surface area contributed by atoms with Crippen LogP contribution in [0.2, 0.25) is 0 Å². The molecule has 8 heteroatoms. The Morgan fingerprint density at radius 2 is 2.39 bits per heavy atom. The van der Waals surface area contributed by atoms with Crippen LogP contribution in [0.15, 0.2) is 23.6 Å². The van der Waals surface area contributed by atoms with Crippen LogP contribution >= 0.6 is 11.8 Å². The summed E-state index contributed by atoms with van der Waals surface area (Å²) < 4.78 is 1.49. The Hall–Kier alpha value is -1.96. The number of aromatic carboxylic acids is 1. The second-order valence-electron chi connectivity index (χ2n) is 3.50. The third-order valence-corrected chi connectivity index (χ3v) is 2.92. The Bertz CT molecular complexity index is 557. The highest BCUT2D eigenvalue weighted by Crippen LogP contribution is 2.12. The van der Waals surface area contributed by atoms with Crippen molar-refractivity contribution in [1.29, 1.82) is 0 Å². The lowest BCUT2D eigenvalue weighted by molar-refractivity contribution is 0.0690. The minimum atomic E-state index is -1.07. The van der Waals surface area contributed by atoms with Crippen molar-refractivity contribution in [3.8, 4) is 0 Å². The van der Waals surface area contributed by atoms with Gasteiger partial charge in [0.15, 0.2) is 10.9 Å². The molecule has 2 aromatic heterocycles. The van der Waals surface area contributed by atoms with E-state index in [2.05, 4.69) is 20.3 Å². The van der Waals surface area contributed by atoms with Crippen molar-refractivity contribution in [2.75, 3.05) is 5.75 Å². The molecule has 18 heavy (non-hydrogen) atoms. The van der Waals surface area contributed by atoms with Crippen molar-refractivity contribution in [2.45, 2.75) is 18.6 Å². The first-order chi connectivity index (χ1) is 8.65. The fraction of sp³-hybridized carbons (Fsp3) is 0.300. The van der Waals surface area contributed by atoms with E-state index in [9.17, 15) is 4.79 Å². The summed E-state index contributed by atoms with van der Waals surface area (Å²) in [5.74, 6) is -0.373. The van der Waals surface area contributed by atoms with Crippen molar-refractivity contribution in [1.82, 2.24) is 25.0 Å². The van der Waals surface area contributed by atoms with E-state index in [0.717, 1.165) is 5.69 Å². The van der Waals surface area contributed by atoms with Crippen molar-refractivity contribution in [3.63, 3.8) is 0 Å². The molecule has 0 saturated heterocycles. The number of aromatic nitrogens is 5. The number of carboxylic acids is 1. The summed E-state index contributed by atoms with van der Waals surface area (Å²) in [5.41, 5.74) is 0.869. The standard InChI is InChI=1S/C10H11N5O2S/c1-7-2-3-11-10(12-7)18-5-4-15-6-8(9(16)17)13-14-15/h2-3,6H,4-5H2,1H3,(H,16,17). The lowest BCUT2D eigenvalue weighted by Crippen LogP contribution is -2.02. The number of rotatable bonds is 5. The summed E-state index contributed by atoms with van der Waals surface area (Å²) in [7, 11) is 0. The van der Waals surface area contributed by atoms with Gasteiger partial charge in [-0.1, -0.05) is 17.0 Å². The zero-order valence-corrected chi connectivity index (χ0v) is 10.5. The summed E-state index contributed by atoms with van der Waals surface area (Å²) in [4.78, 5) is 19.0. The number of thioether (sulfide) groups is 1. The first-order valence-corrected chi connectivity index (χ1v) is 6.19. The van der Waals surface area contributed by atoms with E-state index in [0.29, 0.717) is 17.5 Å². The second-order valence-corrected chi connectivity index (χ2v) is 4.56. The summed E-state index contributed by atoms with van der Waals surface area (Å²) >= 11 is 1.49. The molecule has 0 aliphatic rings. The van der Waals surface area contributed by atoms with Crippen molar-refractivity contribution in [3.05, 3.63) is 29.8 Å².